The van der Waals surface area contributed by atoms with Crippen LogP contribution < -0.4 is 0 Å². The van der Waals surface area contributed by atoms with Crippen LogP contribution in [-0.2, 0) is 4.79 Å². The first-order valence-corrected chi connectivity index (χ1v) is 6.92. The second-order valence-corrected chi connectivity index (χ2v) is 8.20. The molecule has 0 bridgehead atoms. The van der Waals surface area contributed by atoms with Gasteiger partial charge in [-0.2, -0.15) is 0 Å². The summed E-state index contributed by atoms with van der Waals surface area (Å²) < 4.78 is 0. The van der Waals surface area contributed by atoms with Crippen LogP contribution in [0.15, 0.2) is 0 Å². The van der Waals surface area contributed by atoms with Crippen molar-refractivity contribution in [3.8, 4) is 0 Å². The van der Waals surface area contributed by atoms with E-state index >= 15 is 0 Å². The summed E-state index contributed by atoms with van der Waals surface area (Å²) in [5, 5.41) is 0. The van der Waals surface area contributed by atoms with Crippen LogP contribution in [0.1, 0.15) is 74.7 Å². The molecule has 0 radical (unpaired) electrons. The van der Waals surface area contributed by atoms with Crippen molar-refractivity contribution in [1.29, 1.82) is 0 Å². The molecule has 0 amide bonds. The Morgan fingerprint density at radius 3 is 1.71 bits per heavy atom. The second-order valence-electron chi connectivity index (χ2n) is 8.20. The van der Waals surface area contributed by atoms with Crippen molar-refractivity contribution in [2.24, 2.45) is 22.7 Å². The SMILES string of the molecule is CC(CC(=O)CC(C)(C)C)C(C)CC(C)(C)C. The fraction of sp³-hybridized carbons (Fsp3) is 0.938. The van der Waals surface area contributed by atoms with Gasteiger partial charge in [-0.25, -0.2) is 0 Å². The van der Waals surface area contributed by atoms with Gasteiger partial charge in [-0.1, -0.05) is 55.4 Å². The Morgan fingerprint density at radius 1 is 0.882 bits per heavy atom. The number of ketones is 1. The van der Waals surface area contributed by atoms with Gasteiger partial charge < -0.3 is 0 Å². The Balaban J connectivity index is 4.17. The summed E-state index contributed by atoms with van der Waals surface area (Å²) in [6.07, 6.45) is 2.64. The predicted octanol–water partition coefficient (Wildman–Crippen LogP) is 5.09. The second kappa shape index (κ2) is 6.02. The topological polar surface area (TPSA) is 17.1 Å². The first-order chi connectivity index (χ1) is 7.41. The average molecular weight is 240 g/mol. The third-order valence-corrected chi connectivity index (χ3v) is 3.18. The fourth-order valence-corrected chi connectivity index (χ4v) is 2.39. The van der Waals surface area contributed by atoms with Gasteiger partial charge in [0.05, 0.1) is 0 Å². The lowest BCUT2D eigenvalue weighted by Gasteiger charge is -2.28. The highest BCUT2D eigenvalue weighted by Gasteiger charge is 2.23. The van der Waals surface area contributed by atoms with Gasteiger partial charge in [-0.05, 0) is 29.1 Å². The van der Waals surface area contributed by atoms with Gasteiger partial charge in [0, 0.05) is 12.8 Å². The molecule has 0 saturated carbocycles. The van der Waals surface area contributed by atoms with Crippen LogP contribution >= 0.6 is 0 Å². The van der Waals surface area contributed by atoms with Gasteiger partial charge in [0.1, 0.15) is 5.78 Å². The normalized spacial score (nSPS) is 16.7. The minimum atomic E-state index is 0.129. The number of Topliss-reactive ketones (excluding diaryl/α,β-unsaturated/α-hetero) is 1. The minimum absolute atomic E-state index is 0.129. The van der Waals surface area contributed by atoms with E-state index in [1.807, 2.05) is 0 Å². The molecule has 102 valence electrons. The van der Waals surface area contributed by atoms with Crippen LogP contribution in [0.5, 0.6) is 0 Å². The van der Waals surface area contributed by atoms with Gasteiger partial charge in [-0.3, -0.25) is 4.79 Å². The third-order valence-electron chi connectivity index (χ3n) is 3.18. The summed E-state index contributed by atoms with van der Waals surface area (Å²) >= 11 is 0. The number of hydrogen-bond acceptors (Lipinski definition) is 1. The molecule has 1 heteroatoms. The summed E-state index contributed by atoms with van der Waals surface area (Å²) in [5.74, 6) is 1.55. The summed E-state index contributed by atoms with van der Waals surface area (Å²) in [6.45, 7) is 17.7. The summed E-state index contributed by atoms with van der Waals surface area (Å²) in [7, 11) is 0. The monoisotopic (exact) mass is 240 g/mol. The van der Waals surface area contributed by atoms with Gasteiger partial charge in [0.25, 0.3) is 0 Å². The summed E-state index contributed by atoms with van der Waals surface area (Å²) in [4.78, 5) is 11.9. The van der Waals surface area contributed by atoms with E-state index in [4.69, 9.17) is 0 Å². The largest absolute Gasteiger partial charge is 0.300 e. The van der Waals surface area contributed by atoms with Crippen molar-refractivity contribution < 1.29 is 4.79 Å². The van der Waals surface area contributed by atoms with Gasteiger partial charge in [0.15, 0.2) is 0 Å². The van der Waals surface area contributed by atoms with Crippen molar-refractivity contribution in [3.05, 3.63) is 0 Å². The van der Waals surface area contributed by atoms with E-state index in [2.05, 4.69) is 55.4 Å². The van der Waals surface area contributed by atoms with E-state index in [0.717, 1.165) is 6.42 Å². The zero-order chi connectivity index (χ0) is 13.9. The molecule has 0 aliphatic heterocycles. The van der Waals surface area contributed by atoms with Crippen molar-refractivity contribution in [2.75, 3.05) is 0 Å². The van der Waals surface area contributed by atoms with Crippen LogP contribution in [0.4, 0.5) is 0 Å². The molecule has 0 rings (SSSR count). The predicted molar refractivity (Wildman–Crippen MR) is 76.1 cm³/mol. The first-order valence-electron chi connectivity index (χ1n) is 6.92. The standard InChI is InChI=1S/C16H32O/c1-12(13(2)10-15(3,4)5)9-14(17)11-16(6,7)8/h12-13H,9-11H2,1-8H3. The van der Waals surface area contributed by atoms with E-state index in [0.29, 0.717) is 29.5 Å². The Hall–Kier alpha value is -0.330. The average Bonchev–Trinajstić information content (AvgIpc) is 1.95. The molecule has 0 aromatic carbocycles. The van der Waals surface area contributed by atoms with Crippen LogP contribution in [0.3, 0.4) is 0 Å². The van der Waals surface area contributed by atoms with Crippen molar-refractivity contribution >= 4 is 5.78 Å². The molecule has 0 aliphatic rings. The van der Waals surface area contributed by atoms with Crippen molar-refractivity contribution in [1.82, 2.24) is 0 Å². The quantitative estimate of drug-likeness (QED) is 0.654. The van der Waals surface area contributed by atoms with Gasteiger partial charge in [-0.15, -0.1) is 0 Å². The van der Waals surface area contributed by atoms with Crippen LogP contribution in [-0.4, -0.2) is 5.78 Å². The maximum atomic E-state index is 11.9. The highest BCUT2D eigenvalue weighted by Crippen LogP contribution is 2.31. The Labute approximate surface area is 108 Å². The minimum Gasteiger partial charge on any atom is -0.300 e. The van der Waals surface area contributed by atoms with Crippen LogP contribution in [0.25, 0.3) is 0 Å². The lowest BCUT2D eigenvalue weighted by atomic mass is 9.77. The molecule has 2 atom stereocenters. The van der Waals surface area contributed by atoms with E-state index in [-0.39, 0.29) is 5.41 Å². The molecule has 1 nitrogen and oxygen atoms in total. The molecule has 0 aromatic heterocycles. The van der Waals surface area contributed by atoms with Gasteiger partial charge in [0.2, 0.25) is 0 Å². The Kier molecular flexibility index (Phi) is 5.90. The Bertz CT molecular complexity index is 239. The number of hydrogen-bond donors (Lipinski definition) is 0. The molecule has 17 heavy (non-hydrogen) atoms. The number of carbonyl (C=O) groups excluding carboxylic acids is 1. The van der Waals surface area contributed by atoms with E-state index in [9.17, 15) is 4.79 Å². The highest BCUT2D eigenvalue weighted by molar-refractivity contribution is 5.79. The molecule has 0 heterocycles. The van der Waals surface area contributed by atoms with Crippen LogP contribution in [0.2, 0.25) is 0 Å². The molecule has 0 saturated heterocycles. The maximum absolute atomic E-state index is 11.9. The van der Waals surface area contributed by atoms with Crippen molar-refractivity contribution in [2.45, 2.75) is 74.7 Å². The maximum Gasteiger partial charge on any atom is 0.133 e. The smallest absolute Gasteiger partial charge is 0.133 e. The lowest BCUT2D eigenvalue weighted by Crippen LogP contribution is -2.21. The molecule has 0 fully saturated rings. The summed E-state index contributed by atoms with van der Waals surface area (Å²) in [6, 6.07) is 0. The van der Waals surface area contributed by atoms with E-state index in [1.54, 1.807) is 0 Å². The van der Waals surface area contributed by atoms with Crippen molar-refractivity contribution in [3.63, 3.8) is 0 Å². The van der Waals surface area contributed by atoms with Crippen LogP contribution in [0, 0.1) is 22.7 Å². The third kappa shape index (κ3) is 9.38. The molecule has 0 spiro atoms. The number of rotatable bonds is 5. The summed E-state index contributed by atoms with van der Waals surface area (Å²) in [5.41, 5.74) is 0.491. The molecule has 0 aromatic rings. The zero-order valence-corrected chi connectivity index (χ0v) is 13.2. The first kappa shape index (κ1) is 16.7. The Morgan fingerprint density at radius 2 is 1.35 bits per heavy atom. The fourth-order valence-electron chi connectivity index (χ4n) is 2.39. The zero-order valence-electron chi connectivity index (χ0n) is 13.2. The molecule has 0 aliphatic carbocycles. The van der Waals surface area contributed by atoms with E-state index < -0.39 is 0 Å². The van der Waals surface area contributed by atoms with Gasteiger partial charge >= 0.3 is 0 Å². The number of carbonyl (C=O) groups is 1. The van der Waals surface area contributed by atoms with E-state index in [1.165, 1.54) is 6.42 Å². The molecule has 2 unspecified atom stereocenters. The lowest BCUT2D eigenvalue weighted by molar-refractivity contribution is -0.122. The highest BCUT2D eigenvalue weighted by atomic mass is 16.1. The molecular weight excluding hydrogens is 208 g/mol. The molecule has 0 N–H and O–H groups in total. The molecular formula is C16H32O.